The summed E-state index contributed by atoms with van der Waals surface area (Å²) in [7, 11) is -1.20. The van der Waals surface area contributed by atoms with Gasteiger partial charge in [-0.3, -0.25) is 9.00 Å². The van der Waals surface area contributed by atoms with Crippen molar-refractivity contribution in [2.75, 3.05) is 25.1 Å². The molecule has 0 aliphatic rings. The molecule has 43 heavy (non-hydrogen) atoms. The average molecular weight is 600 g/mol. The summed E-state index contributed by atoms with van der Waals surface area (Å²) in [5.74, 6) is 0.980. The molecule has 8 heteroatoms. The molecule has 0 unspecified atom stereocenters. The van der Waals surface area contributed by atoms with Gasteiger partial charge in [-0.1, -0.05) is 57.0 Å². The fourth-order valence-electron chi connectivity index (χ4n) is 4.39. The summed E-state index contributed by atoms with van der Waals surface area (Å²) >= 11 is 0. The number of nitrogens with zero attached hydrogens (tertiary/aromatic N) is 2. The molecule has 0 aliphatic carbocycles. The molecule has 4 aromatic rings. The molecule has 1 N–H and O–H groups in total. The van der Waals surface area contributed by atoms with Gasteiger partial charge in [-0.05, 0) is 78.1 Å². The topological polar surface area (TPSA) is 82.4 Å². The Morgan fingerprint density at radius 1 is 0.930 bits per heavy atom. The third-order valence-electron chi connectivity index (χ3n) is 6.85. The summed E-state index contributed by atoms with van der Waals surface area (Å²) < 4.78 is 26.3. The van der Waals surface area contributed by atoms with E-state index in [1.54, 1.807) is 42.9 Å². The molecule has 3 aromatic carbocycles. The van der Waals surface area contributed by atoms with Crippen LogP contribution in [0.5, 0.6) is 5.75 Å². The van der Waals surface area contributed by atoms with Crippen LogP contribution in [-0.2, 0) is 32.6 Å². The van der Waals surface area contributed by atoms with E-state index in [9.17, 15) is 9.00 Å². The number of nitrogens with one attached hydrogen (secondary N) is 1. The van der Waals surface area contributed by atoms with Crippen molar-refractivity contribution in [1.29, 1.82) is 0 Å². The summed E-state index contributed by atoms with van der Waals surface area (Å²) in [6.45, 7) is 7.06. The first-order valence-electron chi connectivity index (χ1n) is 14.9. The first-order chi connectivity index (χ1) is 21.1. The maximum atomic E-state index is 12.9. The zero-order valence-corrected chi connectivity index (χ0v) is 25.9. The number of rotatable bonds is 17. The standard InChI is InChI=1S/C35H41N3O4S/c1-3-5-20-38-27-36-25-32(38)26-43(40)34-17-13-31(14-18-34)37-35(39)19-10-28-8-7-9-30(24-28)29-11-15-33(16-12-29)42-23-22-41-21-6-4-2/h7-19,24-25,27H,3-6,20-23,26H2,1-2H3,(H,37,39)/b19-10+/t43-/m0/s1. The van der Waals surface area contributed by atoms with Gasteiger partial charge < -0.3 is 19.4 Å². The normalized spacial score (nSPS) is 12.0. The third kappa shape index (κ3) is 10.3. The number of unbranched alkanes of at least 4 members (excludes halogenated alkanes) is 2. The molecule has 1 amide bonds. The van der Waals surface area contributed by atoms with Crippen LogP contribution in [0.2, 0.25) is 0 Å². The minimum atomic E-state index is -1.20. The number of hydrogen-bond acceptors (Lipinski definition) is 5. The molecule has 4 rings (SSSR count). The molecular weight excluding hydrogens is 558 g/mol. The van der Waals surface area contributed by atoms with Crippen LogP contribution in [0.25, 0.3) is 17.2 Å². The van der Waals surface area contributed by atoms with Crippen LogP contribution in [-0.4, -0.2) is 39.5 Å². The van der Waals surface area contributed by atoms with E-state index < -0.39 is 10.8 Å². The van der Waals surface area contributed by atoms with Crippen molar-refractivity contribution in [2.45, 2.75) is 56.7 Å². The smallest absolute Gasteiger partial charge is 0.248 e. The minimum Gasteiger partial charge on any atom is -0.491 e. The van der Waals surface area contributed by atoms with E-state index in [-0.39, 0.29) is 5.91 Å². The van der Waals surface area contributed by atoms with Crippen LogP contribution in [0, 0.1) is 0 Å². The van der Waals surface area contributed by atoms with Crippen LogP contribution in [0.4, 0.5) is 5.69 Å². The predicted octanol–water partition coefficient (Wildman–Crippen LogP) is 7.51. The Balaban J connectivity index is 1.27. The summed E-state index contributed by atoms with van der Waals surface area (Å²) in [6.07, 6.45) is 11.2. The zero-order valence-electron chi connectivity index (χ0n) is 25.0. The fourth-order valence-corrected chi connectivity index (χ4v) is 5.51. The molecule has 1 heterocycles. The minimum absolute atomic E-state index is 0.237. The quantitative estimate of drug-likeness (QED) is 0.100. The van der Waals surface area contributed by atoms with Crippen molar-refractivity contribution >= 4 is 28.5 Å². The van der Waals surface area contributed by atoms with Gasteiger partial charge in [-0.2, -0.15) is 0 Å². The number of carbonyl (C=O) groups excluding carboxylic acids is 1. The lowest BCUT2D eigenvalue weighted by Crippen LogP contribution is -2.08. The van der Waals surface area contributed by atoms with Crippen molar-refractivity contribution in [1.82, 2.24) is 9.55 Å². The molecule has 0 saturated carbocycles. The van der Waals surface area contributed by atoms with Gasteiger partial charge in [0.2, 0.25) is 5.91 Å². The maximum Gasteiger partial charge on any atom is 0.248 e. The van der Waals surface area contributed by atoms with Crippen molar-refractivity contribution < 1.29 is 18.5 Å². The molecule has 1 atom stereocenters. The van der Waals surface area contributed by atoms with E-state index in [1.165, 1.54) is 6.08 Å². The second-order valence-corrected chi connectivity index (χ2v) is 11.7. The Hall–Kier alpha value is -4.01. The number of carbonyl (C=O) groups is 1. The van der Waals surface area contributed by atoms with Gasteiger partial charge in [-0.25, -0.2) is 4.98 Å². The first kappa shape index (κ1) is 31.9. The van der Waals surface area contributed by atoms with Crippen molar-refractivity contribution in [3.8, 4) is 16.9 Å². The highest BCUT2D eigenvalue weighted by atomic mass is 32.2. The Labute approximate surface area is 257 Å². The highest BCUT2D eigenvalue weighted by Crippen LogP contribution is 2.24. The molecule has 7 nitrogen and oxygen atoms in total. The highest BCUT2D eigenvalue weighted by molar-refractivity contribution is 7.84. The van der Waals surface area contributed by atoms with Crippen LogP contribution in [0.15, 0.2) is 96.3 Å². The second-order valence-electron chi connectivity index (χ2n) is 10.2. The van der Waals surface area contributed by atoms with Gasteiger partial charge in [0.15, 0.2) is 0 Å². The number of amides is 1. The molecule has 0 aliphatic heterocycles. The van der Waals surface area contributed by atoms with Gasteiger partial charge in [0.05, 0.1) is 35.2 Å². The van der Waals surface area contributed by atoms with Gasteiger partial charge in [0, 0.05) is 36.0 Å². The highest BCUT2D eigenvalue weighted by Gasteiger charge is 2.10. The van der Waals surface area contributed by atoms with Crippen LogP contribution < -0.4 is 10.1 Å². The van der Waals surface area contributed by atoms with Crippen LogP contribution in [0.3, 0.4) is 0 Å². The Morgan fingerprint density at radius 3 is 2.49 bits per heavy atom. The summed E-state index contributed by atoms with van der Waals surface area (Å²) in [5.41, 5.74) is 4.64. The molecule has 0 fully saturated rings. The molecular formula is C35H41N3O4S. The molecule has 0 saturated heterocycles. The van der Waals surface area contributed by atoms with Crippen LogP contribution in [0.1, 0.15) is 50.8 Å². The van der Waals surface area contributed by atoms with Crippen LogP contribution >= 0.6 is 0 Å². The van der Waals surface area contributed by atoms with Crippen molar-refractivity contribution in [3.63, 3.8) is 0 Å². The summed E-state index contributed by atoms with van der Waals surface area (Å²) in [5, 5.41) is 2.88. The lowest BCUT2D eigenvalue weighted by molar-refractivity contribution is -0.111. The predicted molar refractivity (Wildman–Crippen MR) is 174 cm³/mol. The Morgan fingerprint density at radius 2 is 1.72 bits per heavy atom. The number of aryl methyl sites for hydroxylation is 1. The van der Waals surface area contributed by atoms with Gasteiger partial charge in [0.1, 0.15) is 12.4 Å². The number of hydrogen-bond donors (Lipinski definition) is 1. The monoisotopic (exact) mass is 599 g/mol. The molecule has 1 aromatic heterocycles. The van der Waals surface area contributed by atoms with E-state index in [2.05, 4.69) is 28.7 Å². The lowest BCUT2D eigenvalue weighted by Gasteiger charge is -2.09. The summed E-state index contributed by atoms with van der Waals surface area (Å²) in [6, 6.07) is 23.1. The third-order valence-corrected chi connectivity index (χ3v) is 8.21. The Bertz CT molecular complexity index is 1480. The molecule has 0 spiro atoms. The Kier molecular flexibility index (Phi) is 12.8. The number of imidazole rings is 1. The van der Waals surface area contributed by atoms with Gasteiger partial charge in [0.25, 0.3) is 0 Å². The largest absolute Gasteiger partial charge is 0.491 e. The lowest BCUT2D eigenvalue weighted by atomic mass is 10.0. The average Bonchev–Trinajstić information content (AvgIpc) is 3.48. The number of aromatic nitrogens is 2. The van der Waals surface area contributed by atoms with Gasteiger partial charge >= 0.3 is 0 Å². The molecule has 226 valence electrons. The SMILES string of the molecule is CCCCOCCOc1ccc(-c2cccc(/C=C/C(=O)Nc3ccc([S@@](=O)Cc4cncn4CCCC)cc3)c2)cc1. The maximum absolute atomic E-state index is 12.9. The van der Waals surface area contributed by atoms with Crippen molar-refractivity contribution in [3.05, 3.63) is 103 Å². The van der Waals surface area contributed by atoms with E-state index in [4.69, 9.17) is 9.47 Å². The second kappa shape index (κ2) is 17.2. The van der Waals surface area contributed by atoms with Crippen molar-refractivity contribution in [2.24, 2.45) is 0 Å². The van der Waals surface area contributed by atoms with E-state index in [0.29, 0.717) is 29.5 Å². The van der Waals surface area contributed by atoms with E-state index in [0.717, 1.165) is 67.0 Å². The van der Waals surface area contributed by atoms with E-state index >= 15 is 0 Å². The summed E-state index contributed by atoms with van der Waals surface area (Å²) in [4.78, 5) is 17.5. The zero-order chi connectivity index (χ0) is 30.3. The number of anilines is 1. The molecule has 0 bridgehead atoms. The number of ether oxygens (including phenoxy) is 2. The van der Waals surface area contributed by atoms with E-state index in [1.807, 2.05) is 48.5 Å². The van der Waals surface area contributed by atoms with Gasteiger partial charge in [-0.15, -0.1) is 0 Å². The first-order valence-corrected chi connectivity index (χ1v) is 16.2. The molecule has 0 radical (unpaired) electrons. The number of benzene rings is 3. The fraction of sp³-hybridized carbons (Fsp3) is 0.314.